The van der Waals surface area contributed by atoms with Crippen molar-refractivity contribution >= 4 is 5.69 Å². The van der Waals surface area contributed by atoms with Crippen LogP contribution in [-0.2, 0) is 0 Å². The van der Waals surface area contributed by atoms with E-state index in [-0.39, 0.29) is 0 Å². The molecule has 2 N–H and O–H groups in total. The van der Waals surface area contributed by atoms with Gasteiger partial charge in [0.25, 0.3) is 6.43 Å². The van der Waals surface area contributed by atoms with Crippen LogP contribution < -0.4 is 10.5 Å². The first-order chi connectivity index (χ1) is 7.74. The van der Waals surface area contributed by atoms with Gasteiger partial charge in [0, 0.05) is 0 Å². The van der Waals surface area contributed by atoms with Crippen molar-refractivity contribution in [1.82, 2.24) is 4.98 Å². The number of aromatic nitrogens is 1. The Balaban J connectivity index is 3.24. The van der Waals surface area contributed by atoms with Crippen molar-refractivity contribution in [3.8, 4) is 11.9 Å². The number of hydrogen-bond donors (Lipinski definition) is 1. The van der Waals surface area contributed by atoms with E-state index in [4.69, 9.17) is 11.0 Å². The van der Waals surface area contributed by atoms with Crippen molar-refractivity contribution < 1.29 is 26.7 Å². The summed E-state index contributed by atoms with van der Waals surface area (Å²) in [7, 11) is 0. The minimum atomic E-state index is -5.07. The van der Waals surface area contributed by atoms with E-state index in [1.54, 1.807) is 0 Å². The van der Waals surface area contributed by atoms with Crippen LogP contribution in [-0.4, -0.2) is 11.3 Å². The number of nitrogens with zero attached hydrogens (tertiary/aromatic N) is 2. The molecular formula is C8H4F5N3O. The van der Waals surface area contributed by atoms with E-state index in [0.29, 0.717) is 6.07 Å². The van der Waals surface area contributed by atoms with E-state index < -0.39 is 35.6 Å². The molecule has 0 aromatic carbocycles. The molecule has 0 aliphatic rings. The van der Waals surface area contributed by atoms with Crippen LogP contribution in [0.4, 0.5) is 27.6 Å². The molecule has 0 amide bonds. The molecule has 0 saturated carbocycles. The van der Waals surface area contributed by atoms with E-state index >= 15 is 0 Å². The Morgan fingerprint density at radius 1 is 1.41 bits per heavy atom. The summed E-state index contributed by atoms with van der Waals surface area (Å²) in [5.74, 6) is -1.13. The molecule has 0 aliphatic carbocycles. The van der Waals surface area contributed by atoms with Crippen LogP contribution in [0, 0.1) is 11.3 Å². The molecule has 4 nitrogen and oxygen atoms in total. The number of ether oxygens (including phenoxy) is 1. The molecule has 0 fully saturated rings. The monoisotopic (exact) mass is 253 g/mol. The SMILES string of the molecule is N#Cc1nc(OC(F)(F)F)c(N)cc1C(F)F. The van der Waals surface area contributed by atoms with Crippen molar-refractivity contribution in [2.75, 3.05) is 5.73 Å². The van der Waals surface area contributed by atoms with Crippen LogP contribution >= 0.6 is 0 Å². The first-order valence-electron chi connectivity index (χ1n) is 3.99. The van der Waals surface area contributed by atoms with E-state index in [2.05, 4.69) is 9.72 Å². The minimum absolute atomic E-state index is 0.525. The summed E-state index contributed by atoms with van der Waals surface area (Å²) in [4.78, 5) is 2.99. The Morgan fingerprint density at radius 3 is 2.41 bits per heavy atom. The van der Waals surface area contributed by atoms with Crippen LogP contribution in [0.5, 0.6) is 5.88 Å². The Labute approximate surface area is 91.4 Å². The second kappa shape index (κ2) is 4.40. The van der Waals surface area contributed by atoms with Crippen LogP contribution in [0.1, 0.15) is 17.7 Å². The van der Waals surface area contributed by atoms with Gasteiger partial charge >= 0.3 is 6.36 Å². The molecule has 1 aromatic heterocycles. The maximum atomic E-state index is 12.4. The molecule has 0 radical (unpaired) electrons. The number of hydrogen-bond acceptors (Lipinski definition) is 4. The first kappa shape index (κ1) is 13.0. The fourth-order valence-electron chi connectivity index (χ4n) is 0.976. The zero-order valence-corrected chi connectivity index (χ0v) is 7.92. The standard InChI is InChI=1S/C8H4F5N3O/c9-6(10)3-1-4(15)7(16-5(3)2-14)17-8(11,12)13/h1,6H,15H2. The molecule has 17 heavy (non-hydrogen) atoms. The highest BCUT2D eigenvalue weighted by atomic mass is 19.4. The van der Waals surface area contributed by atoms with Gasteiger partial charge in [0.15, 0.2) is 5.69 Å². The molecule has 0 atom stereocenters. The highest BCUT2D eigenvalue weighted by Crippen LogP contribution is 2.31. The van der Waals surface area contributed by atoms with Crippen LogP contribution in [0.25, 0.3) is 0 Å². The Kier molecular flexibility index (Phi) is 3.36. The zero-order chi connectivity index (χ0) is 13.2. The maximum Gasteiger partial charge on any atom is 0.574 e. The number of pyridine rings is 1. The Bertz CT molecular complexity index is 465. The van der Waals surface area contributed by atoms with Crippen LogP contribution in [0.2, 0.25) is 0 Å². The third-order valence-corrected chi connectivity index (χ3v) is 1.60. The molecule has 0 aliphatic heterocycles. The van der Waals surface area contributed by atoms with Gasteiger partial charge in [-0.15, -0.1) is 13.2 Å². The van der Waals surface area contributed by atoms with E-state index in [9.17, 15) is 22.0 Å². The normalized spacial score (nSPS) is 11.4. The highest BCUT2D eigenvalue weighted by molar-refractivity contribution is 5.53. The minimum Gasteiger partial charge on any atom is -0.394 e. The zero-order valence-electron chi connectivity index (χ0n) is 7.92. The Hall–Kier alpha value is -2.11. The lowest BCUT2D eigenvalue weighted by molar-refractivity contribution is -0.275. The van der Waals surface area contributed by atoms with Gasteiger partial charge in [-0.1, -0.05) is 0 Å². The van der Waals surface area contributed by atoms with Gasteiger partial charge in [-0.3, -0.25) is 0 Å². The van der Waals surface area contributed by atoms with Gasteiger partial charge in [-0.05, 0) is 6.07 Å². The molecule has 9 heteroatoms. The third kappa shape index (κ3) is 3.17. The molecule has 1 aromatic rings. The molecular weight excluding hydrogens is 249 g/mol. The van der Waals surface area contributed by atoms with Gasteiger partial charge < -0.3 is 10.5 Å². The first-order valence-corrected chi connectivity index (χ1v) is 3.99. The number of nitrogens with two attached hydrogens (primary N) is 1. The maximum absolute atomic E-state index is 12.4. The second-order valence-corrected chi connectivity index (χ2v) is 2.78. The summed E-state index contributed by atoms with van der Waals surface area (Å²) in [6.45, 7) is 0. The average Bonchev–Trinajstić information content (AvgIpc) is 2.18. The molecule has 0 unspecified atom stereocenters. The van der Waals surface area contributed by atoms with Gasteiger partial charge in [0.05, 0.1) is 11.3 Å². The highest BCUT2D eigenvalue weighted by Gasteiger charge is 2.33. The summed E-state index contributed by atoms with van der Waals surface area (Å²) in [6.07, 6.45) is -8.14. The van der Waals surface area contributed by atoms with Crippen LogP contribution in [0.3, 0.4) is 0 Å². The van der Waals surface area contributed by atoms with Crippen molar-refractivity contribution in [2.24, 2.45) is 0 Å². The quantitative estimate of drug-likeness (QED) is 0.821. The predicted molar refractivity (Wildman–Crippen MR) is 45.0 cm³/mol. The van der Waals surface area contributed by atoms with E-state index in [1.165, 1.54) is 6.07 Å². The number of halogens is 5. The van der Waals surface area contributed by atoms with Gasteiger partial charge in [0.1, 0.15) is 6.07 Å². The van der Waals surface area contributed by atoms with Crippen molar-refractivity contribution in [2.45, 2.75) is 12.8 Å². The topological polar surface area (TPSA) is 71.9 Å². The van der Waals surface area contributed by atoms with Gasteiger partial charge in [0.2, 0.25) is 5.88 Å². The number of nitriles is 1. The number of rotatable bonds is 2. The smallest absolute Gasteiger partial charge is 0.394 e. The fourth-order valence-corrected chi connectivity index (χ4v) is 0.976. The summed E-state index contributed by atoms with van der Waals surface area (Å²) < 4.78 is 63.7. The third-order valence-electron chi connectivity index (χ3n) is 1.60. The van der Waals surface area contributed by atoms with Crippen molar-refractivity contribution in [1.29, 1.82) is 5.26 Å². The van der Waals surface area contributed by atoms with E-state index in [1.807, 2.05) is 0 Å². The molecule has 0 bridgehead atoms. The van der Waals surface area contributed by atoms with Gasteiger partial charge in [-0.25, -0.2) is 13.8 Å². The van der Waals surface area contributed by atoms with Crippen LogP contribution in [0.15, 0.2) is 6.07 Å². The summed E-state index contributed by atoms with van der Waals surface area (Å²) in [5.41, 5.74) is 2.62. The number of anilines is 1. The molecule has 1 heterocycles. The fraction of sp³-hybridized carbons (Fsp3) is 0.250. The lowest BCUT2D eigenvalue weighted by Gasteiger charge is -2.11. The summed E-state index contributed by atoms with van der Waals surface area (Å²) in [6, 6.07) is 1.76. The second-order valence-electron chi connectivity index (χ2n) is 2.78. The van der Waals surface area contributed by atoms with E-state index in [0.717, 1.165) is 0 Å². The summed E-state index contributed by atoms with van der Waals surface area (Å²) in [5, 5.41) is 8.46. The lowest BCUT2D eigenvalue weighted by Crippen LogP contribution is -2.19. The van der Waals surface area contributed by atoms with Crippen molar-refractivity contribution in [3.05, 3.63) is 17.3 Å². The Morgan fingerprint density at radius 2 is 2.00 bits per heavy atom. The predicted octanol–water partition coefficient (Wildman–Crippen LogP) is 2.37. The van der Waals surface area contributed by atoms with Crippen molar-refractivity contribution in [3.63, 3.8) is 0 Å². The average molecular weight is 253 g/mol. The summed E-state index contributed by atoms with van der Waals surface area (Å²) >= 11 is 0. The number of alkyl halides is 5. The largest absolute Gasteiger partial charge is 0.574 e. The molecule has 92 valence electrons. The number of nitrogen functional groups attached to an aromatic ring is 1. The molecule has 0 spiro atoms. The molecule has 0 saturated heterocycles. The lowest BCUT2D eigenvalue weighted by atomic mass is 10.2. The molecule has 1 rings (SSSR count). The van der Waals surface area contributed by atoms with Gasteiger partial charge in [-0.2, -0.15) is 5.26 Å².